The number of phenols is 4. The Bertz CT molecular complexity index is 1670. The molecule has 1 aromatic heterocycles. The highest BCUT2D eigenvalue weighted by Gasteiger charge is 2.48. The van der Waals surface area contributed by atoms with Gasteiger partial charge >= 0.3 is 5.97 Å². The van der Waals surface area contributed by atoms with E-state index in [0.29, 0.717) is 0 Å². The molecule has 3 heterocycles. The fourth-order valence-electron chi connectivity index (χ4n) is 5.08. The molecule has 18 heteroatoms. The molecule has 47 heavy (non-hydrogen) atoms. The molecule has 2 aliphatic heterocycles. The smallest absolute Gasteiger partial charge is 0.302 e. The van der Waals surface area contributed by atoms with Gasteiger partial charge < -0.3 is 79.2 Å². The molecule has 2 fully saturated rings. The van der Waals surface area contributed by atoms with Crippen LogP contribution in [0, 0.1) is 0 Å². The fraction of sp³-hybridized carbons (Fsp3) is 0.448. The van der Waals surface area contributed by atoms with E-state index in [1.54, 1.807) is 0 Å². The Labute approximate surface area is 263 Å². The van der Waals surface area contributed by atoms with Crippen molar-refractivity contribution >= 4 is 16.9 Å². The Morgan fingerprint density at radius 1 is 0.745 bits per heavy atom. The summed E-state index contributed by atoms with van der Waals surface area (Å²) in [5.74, 6) is -4.20. The molecule has 18 nitrogen and oxygen atoms in total. The van der Waals surface area contributed by atoms with Crippen LogP contribution in [-0.4, -0.2) is 132 Å². The number of aliphatic hydroxyl groups is 6. The van der Waals surface area contributed by atoms with E-state index in [-0.39, 0.29) is 11.1 Å². The van der Waals surface area contributed by atoms with Gasteiger partial charge in [0.15, 0.2) is 23.5 Å². The van der Waals surface area contributed by atoms with Crippen molar-refractivity contribution in [2.24, 2.45) is 0 Å². The first kappa shape index (κ1) is 34.1. The maximum atomic E-state index is 13.6. The minimum absolute atomic E-state index is 0.0598. The number of aliphatic hydroxyl groups excluding tert-OH is 6. The van der Waals surface area contributed by atoms with Crippen LogP contribution in [0.25, 0.3) is 22.3 Å². The maximum absolute atomic E-state index is 13.6. The number of carbonyl (C=O) groups is 1. The lowest BCUT2D eigenvalue weighted by atomic mass is 9.98. The van der Waals surface area contributed by atoms with Gasteiger partial charge in [0.25, 0.3) is 0 Å². The van der Waals surface area contributed by atoms with Crippen LogP contribution in [0.2, 0.25) is 0 Å². The number of rotatable bonds is 8. The Kier molecular flexibility index (Phi) is 9.78. The standard InChI is InChI=1S/C29H32O18/c1-9(30)42-7-16-19(35)22(38)24(40)28(45-16)43-8-17-20(36)23(39)25(41)29(46-17)47-27-21(37)18-14(34)5-11(31)6-15(18)44-26(27)10-2-3-12(32)13(33)4-10/h2-6,16-17,19-20,22-25,28-29,31-36,38-41H,7-8H2,1H3/t16-,17-,19-,20-,22+,23+,24-,25-,28-,29+/m1/s1. The van der Waals surface area contributed by atoms with Gasteiger partial charge in [0.2, 0.25) is 17.5 Å². The summed E-state index contributed by atoms with van der Waals surface area (Å²) in [5, 5.41) is 102. The predicted molar refractivity (Wildman–Crippen MR) is 151 cm³/mol. The van der Waals surface area contributed by atoms with Gasteiger partial charge in [0.05, 0.1) is 6.61 Å². The molecule has 256 valence electrons. The second-order valence-electron chi connectivity index (χ2n) is 10.9. The van der Waals surface area contributed by atoms with Gasteiger partial charge in [-0.05, 0) is 18.2 Å². The van der Waals surface area contributed by atoms with Gasteiger partial charge in [-0.25, -0.2) is 0 Å². The van der Waals surface area contributed by atoms with Gasteiger partial charge in [-0.3, -0.25) is 9.59 Å². The van der Waals surface area contributed by atoms with E-state index in [2.05, 4.69) is 0 Å². The Hall–Kier alpha value is -4.24. The van der Waals surface area contributed by atoms with Gasteiger partial charge in [-0.1, -0.05) is 0 Å². The van der Waals surface area contributed by atoms with Crippen molar-refractivity contribution in [2.75, 3.05) is 13.2 Å². The zero-order chi connectivity index (χ0) is 34.3. The number of carbonyl (C=O) groups excluding carboxylic acids is 1. The van der Waals surface area contributed by atoms with Crippen molar-refractivity contribution in [2.45, 2.75) is 68.3 Å². The van der Waals surface area contributed by atoms with Crippen LogP contribution < -0.4 is 10.2 Å². The SMILES string of the molecule is CC(=O)OC[C@H]1O[C@@H](OC[C@H]2O[C@@H](Oc3c(-c4ccc(O)c(O)c4)oc4cc(O)cc(O)c4c3=O)[C@H](O)[C@@H](O)[C@@H]2O)[C@H](O)[C@@H](O)[C@@H]1O. The quantitative estimate of drug-likeness (QED) is 0.0904. The number of hydrogen-bond donors (Lipinski definition) is 10. The molecule has 0 saturated carbocycles. The van der Waals surface area contributed by atoms with Crippen molar-refractivity contribution in [3.63, 3.8) is 0 Å². The second kappa shape index (κ2) is 13.5. The molecule has 5 rings (SSSR count). The zero-order valence-corrected chi connectivity index (χ0v) is 24.3. The number of esters is 1. The summed E-state index contributed by atoms with van der Waals surface area (Å²) < 4.78 is 32.7. The van der Waals surface area contributed by atoms with Crippen molar-refractivity contribution in [1.82, 2.24) is 0 Å². The van der Waals surface area contributed by atoms with Gasteiger partial charge in [-0.15, -0.1) is 0 Å². The molecule has 2 aliphatic rings. The number of hydrogen-bond acceptors (Lipinski definition) is 18. The van der Waals surface area contributed by atoms with E-state index in [1.807, 2.05) is 0 Å². The number of benzene rings is 2. The molecule has 0 unspecified atom stereocenters. The van der Waals surface area contributed by atoms with E-state index in [1.165, 1.54) is 6.07 Å². The van der Waals surface area contributed by atoms with E-state index < -0.39 is 126 Å². The molecular weight excluding hydrogens is 636 g/mol. The van der Waals surface area contributed by atoms with Gasteiger partial charge in [-0.2, -0.15) is 0 Å². The summed E-state index contributed by atoms with van der Waals surface area (Å²) in [6.45, 7) is -0.115. The number of phenolic OH excluding ortho intramolecular Hbond substituents is 4. The molecule has 2 saturated heterocycles. The van der Waals surface area contributed by atoms with Crippen molar-refractivity contribution in [1.29, 1.82) is 0 Å². The molecule has 2 aromatic carbocycles. The van der Waals surface area contributed by atoms with E-state index in [0.717, 1.165) is 31.2 Å². The van der Waals surface area contributed by atoms with E-state index in [4.69, 9.17) is 28.1 Å². The zero-order valence-electron chi connectivity index (χ0n) is 24.3. The first-order chi connectivity index (χ1) is 22.2. The van der Waals surface area contributed by atoms with Crippen LogP contribution >= 0.6 is 0 Å². The van der Waals surface area contributed by atoms with Crippen molar-refractivity contribution in [3.05, 3.63) is 40.6 Å². The van der Waals surface area contributed by atoms with Crippen LogP contribution in [0.15, 0.2) is 39.5 Å². The van der Waals surface area contributed by atoms with Crippen molar-refractivity contribution < 1.29 is 84.0 Å². The summed E-state index contributed by atoms with van der Waals surface area (Å²) in [6.07, 6.45) is -17.7. The van der Waals surface area contributed by atoms with Crippen LogP contribution in [0.3, 0.4) is 0 Å². The first-order valence-electron chi connectivity index (χ1n) is 14.0. The van der Waals surface area contributed by atoms with Gasteiger partial charge in [0.1, 0.15) is 77.9 Å². The predicted octanol–water partition coefficient (Wildman–Crippen LogP) is -2.14. The molecule has 0 aliphatic carbocycles. The molecular formula is C29H32O18. The highest BCUT2D eigenvalue weighted by atomic mass is 16.7. The average molecular weight is 669 g/mol. The van der Waals surface area contributed by atoms with Crippen LogP contribution in [0.1, 0.15) is 6.92 Å². The summed E-state index contributed by atoms with van der Waals surface area (Å²) in [5.41, 5.74) is -1.43. The molecule has 3 aromatic rings. The summed E-state index contributed by atoms with van der Waals surface area (Å²) >= 11 is 0. The van der Waals surface area contributed by atoms with Crippen LogP contribution in [0.5, 0.6) is 28.7 Å². The summed E-state index contributed by atoms with van der Waals surface area (Å²) in [7, 11) is 0. The topological polar surface area (TPSA) is 296 Å². The molecule has 10 atom stereocenters. The Morgan fingerprint density at radius 2 is 1.36 bits per heavy atom. The normalized spacial score (nSPS) is 31.0. The largest absolute Gasteiger partial charge is 0.508 e. The molecule has 0 spiro atoms. The molecule has 0 bridgehead atoms. The second-order valence-corrected chi connectivity index (χ2v) is 10.9. The number of fused-ring (bicyclic) bond motifs is 1. The van der Waals surface area contributed by atoms with E-state index >= 15 is 0 Å². The lowest BCUT2D eigenvalue weighted by Gasteiger charge is -2.42. The summed E-state index contributed by atoms with van der Waals surface area (Å²) in [6, 6.07) is 5.14. The minimum Gasteiger partial charge on any atom is -0.508 e. The minimum atomic E-state index is -2.02. The van der Waals surface area contributed by atoms with E-state index in [9.17, 15) is 60.7 Å². The van der Waals surface area contributed by atoms with Crippen LogP contribution in [-0.2, 0) is 23.7 Å². The lowest BCUT2D eigenvalue weighted by Crippen LogP contribution is -2.62. The highest BCUT2D eigenvalue weighted by molar-refractivity contribution is 5.88. The third kappa shape index (κ3) is 6.77. The highest BCUT2D eigenvalue weighted by Crippen LogP contribution is 2.39. The lowest BCUT2D eigenvalue weighted by molar-refractivity contribution is -0.323. The third-order valence-electron chi connectivity index (χ3n) is 7.60. The average Bonchev–Trinajstić information content (AvgIpc) is 3.01. The Balaban J connectivity index is 1.43. The molecule has 0 amide bonds. The first-order valence-corrected chi connectivity index (χ1v) is 14.0. The van der Waals surface area contributed by atoms with Crippen LogP contribution in [0.4, 0.5) is 0 Å². The number of aromatic hydroxyl groups is 4. The maximum Gasteiger partial charge on any atom is 0.302 e. The fourth-order valence-corrected chi connectivity index (χ4v) is 5.08. The third-order valence-corrected chi connectivity index (χ3v) is 7.60. The number of ether oxygens (including phenoxy) is 5. The molecule has 0 radical (unpaired) electrons. The Morgan fingerprint density at radius 3 is 2.00 bits per heavy atom. The monoisotopic (exact) mass is 668 g/mol. The summed E-state index contributed by atoms with van der Waals surface area (Å²) in [4.78, 5) is 24.8. The van der Waals surface area contributed by atoms with Gasteiger partial charge in [0, 0.05) is 24.6 Å². The molecule has 10 N–H and O–H groups in total. The van der Waals surface area contributed by atoms with Crippen molar-refractivity contribution in [3.8, 4) is 40.1 Å².